The van der Waals surface area contributed by atoms with E-state index < -0.39 is 0 Å². The summed E-state index contributed by atoms with van der Waals surface area (Å²) in [6, 6.07) is 60.9. The molecule has 12 rings (SSSR count). The Morgan fingerprint density at radius 2 is 0.930 bits per heavy atom. The topological polar surface area (TPSA) is 65.0 Å². The molecule has 6 heteroatoms. The number of para-hydroxylation sites is 2. The maximum Gasteiger partial charge on any atom is 0.164 e. The first-order valence-electron chi connectivity index (χ1n) is 18.9. The number of thiophene rings is 1. The van der Waals surface area contributed by atoms with Crippen molar-refractivity contribution in [2.24, 2.45) is 0 Å². The normalized spacial score (nSPS) is 11.9. The molecule has 12 aromatic rings. The lowest BCUT2D eigenvalue weighted by Gasteiger charge is -2.10. The van der Waals surface area contributed by atoms with Crippen LogP contribution in [0.25, 0.3) is 120 Å². The highest BCUT2D eigenvalue weighted by atomic mass is 32.1. The molecule has 266 valence electrons. The number of hydrogen-bond donors (Lipinski definition) is 0. The fourth-order valence-corrected chi connectivity index (χ4v) is 9.43. The van der Waals surface area contributed by atoms with Gasteiger partial charge in [-0.2, -0.15) is 0 Å². The van der Waals surface area contributed by atoms with Gasteiger partial charge >= 0.3 is 0 Å². The van der Waals surface area contributed by atoms with Crippen molar-refractivity contribution in [2.75, 3.05) is 0 Å². The largest absolute Gasteiger partial charge is 0.456 e. The number of rotatable bonds is 5. The van der Waals surface area contributed by atoms with Gasteiger partial charge in [-0.05, 0) is 59.2 Å². The maximum atomic E-state index is 6.76. The minimum atomic E-state index is 0.649. The lowest BCUT2D eigenvalue weighted by Crippen LogP contribution is -1.99. The first-order valence-corrected chi connectivity index (χ1v) is 19.7. The van der Waals surface area contributed by atoms with E-state index in [1.54, 1.807) is 11.3 Å². The Morgan fingerprint density at radius 1 is 0.333 bits per heavy atom. The number of fused-ring (bicyclic) bond motifs is 9. The number of aromatic nitrogens is 3. The fourth-order valence-electron chi connectivity index (χ4n) is 8.30. The van der Waals surface area contributed by atoms with Crippen molar-refractivity contribution in [3.63, 3.8) is 0 Å². The molecule has 4 heterocycles. The summed E-state index contributed by atoms with van der Waals surface area (Å²) in [6.45, 7) is 0. The molecule has 0 fully saturated rings. The summed E-state index contributed by atoms with van der Waals surface area (Å²) in [7, 11) is 0. The van der Waals surface area contributed by atoms with Crippen molar-refractivity contribution in [1.29, 1.82) is 0 Å². The standard InChI is InChI=1S/C51H29N3O2S/c1-3-12-30(13-4-1)49-52-50(31-14-5-2-6-15-31)54-51(53-49)33-22-24-35-40-28-32(23-27-44(40)57-45(35)29-33)34-25-26-37(48-47(34)39-17-8-10-20-42(39)56-48)36-18-11-21-43-46(36)38-16-7-9-19-41(38)55-43/h1-29H. The molecule has 57 heavy (non-hydrogen) atoms. The van der Waals surface area contributed by atoms with Crippen molar-refractivity contribution in [3.05, 3.63) is 176 Å². The Balaban J connectivity index is 1.01. The Hall–Kier alpha value is -7.41. The highest BCUT2D eigenvalue weighted by molar-refractivity contribution is 7.25. The van der Waals surface area contributed by atoms with Crippen molar-refractivity contribution >= 4 is 75.4 Å². The second-order valence-electron chi connectivity index (χ2n) is 14.3. The zero-order valence-corrected chi connectivity index (χ0v) is 31.1. The van der Waals surface area contributed by atoms with Crippen LogP contribution in [0, 0.1) is 0 Å². The lowest BCUT2D eigenvalue weighted by atomic mass is 9.92. The Morgan fingerprint density at radius 3 is 1.67 bits per heavy atom. The molecule has 0 spiro atoms. The molecule has 0 radical (unpaired) electrons. The molecule has 0 bridgehead atoms. The smallest absolute Gasteiger partial charge is 0.164 e. The molecule has 0 aliphatic heterocycles. The summed E-state index contributed by atoms with van der Waals surface area (Å²) in [6.07, 6.45) is 0. The average molecular weight is 748 g/mol. The van der Waals surface area contributed by atoms with Gasteiger partial charge in [-0.15, -0.1) is 11.3 Å². The molecule has 5 nitrogen and oxygen atoms in total. The zero-order chi connectivity index (χ0) is 37.5. The van der Waals surface area contributed by atoms with Crippen LogP contribution < -0.4 is 0 Å². The summed E-state index contributed by atoms with van der Waals surface area (Å²) < 4.78 is 15.5. The molecule has 0 aliphatic rings. The molecular weight excluding hydrogens is 719 g/mol. The molecule has 0 atom stereocenters. The van der Waals surface area contributed by atoms with Gasteiger partial charge in [0.15, 0.2) is 17.5 Å². The van der Waals surface area contributed by atoms with Crippen molar-refractivity contribution in [1.82, 2.24) is 15.0 Å². The summed E-state index contributed by atoms with van der Waals surface area (Å²) in [5.74, 6) is 1.95. The van der Waals surface area contributed by atoms with E-state index in [2.05, 4.69) is 91.0 Å². The fraction of sp³-hybridized carbons (Fsp3) is 0. The summed E-state index contributed by atoms with van der Waals surface area (Å²) in [4.78, 5) is 14.9. The molecule has 0 unspecified atom stereocenters. The van der Waals surface area contributed by atoms with Crippen LogP contribution in [0.4, 0.5) is 0 Å². The van der Waals surface area contributed by atoms with Gasteiger partial charge in [0.2, 0.25) is 0 Å². The Kier molecular flexibility index (Phi) is 7.03. The second-order valence-corrected chi connectivity index (χ2v) is 15.4. The Labute approximate surface area is 330 Å². The molecule has 0 amide bonds. The van der Waals surface area contributed by atoms with E-state index in [-0.39, 0.29) is 0 Å². The third kappa shape index (κ3) is 5.12. The van der Waals surface area contributed by atoms with Crippen LogP contribution in [0.3, 0.4) is 0 Å². The first kappa shape index (κ1) is 31.9. The summed E-state index contributed by atoms with van der Waals surface area (Å²) >= 11 is 1.79. The average Bonchev–Trinajstić information content (AvgIpc) is 3.98. The maximum absolute atomic E-state index is 6.76. The van der Waals surface area contributed by atoms with Crippen molar-refractivity contribution in [2.45, 2.75) is 0 Å². The van der Waals surface area contributed by atoms with Gasteiger partial charge in [-0.3, -0.25) is 0 Å². The number of furan rings is 2. The van der Waals surface area contributed by atoms with Crippen molar-refractivity contribution in [3.8, 4) is 56.4 Å². The molecule has 4 aromatic heterocycles. The minimum absolute atomic E-state index is 0.649. The van der Waals surface area contributed by atoms with Gasteiger partial charge in [0.1, 0.15) is 22.3 Å². The molecule has 0 saturated carbocycles. The minimum Gasteiger partial charge on any atom is -0.456 e. The molecule has 8 aromatic carbocycles. The number of nitrogens with zero attached hydrogens (tertiary/aromatic N) is 3. The third-order valence-corrected chi connectivity index (χ3v) is 12.1. The summed E-state index contributed by atoms with van der Waals surface area (Å²) in [5.41, 5.74) is 10.7. The monoisotopic (exact) mass is 747 g/mol. The van der Waals surface area contributed by atoms with Crippen LogP contribution in [0.1, 0.15) is 0 Å². The van der Waals surface area contributed by atoms with E-state index in [0.717, 1.165) is 82.8 Å². The van der Waals surface area contributed by atoms with Gasteiger partial charge in [-0.1, -0.05) is 133 Å². The second kappa shape index (κ2) is 12.6. The predicted molar refractivity (Wildman–Crippen MR) is 234 cm³/mol. The Bertz CT molecular complexity index is 3470. The third-order valence-electron chi connectivity index (χ3n) is 11.0. The van der Waals surface area contributed by atoms with E-state index in [9.17, 15) is 0 Å². The van der Waals surface area contributed by atoms with Gasteiger partial charge in [0, 0.05) is 64.0 Å². The lowest BCUT2D eigenvalue weighted by molar-refractivity contribution is 0.668. The van der Waals surface area contributed by atoms with E-state index in [1.807, 2.05) is 84.9 Å². The van der Waals surface area contributed by atoms with Crippen LogP contribution in [-0.2, 0) is 0 Å². The molecule has 0 N–H and O–H groups in total. The molecule has 0 aliphatic carbocycles. The zero-order valence-electron chi connectivity index (χ0n) is 30.3. The van der Waals surface area contributed by atoms with E-state index in [4.69, 9.17) is 23.8 Å². The van der Waals surface area contributed by atoms with E-state index in [0.29, 0.717) is 17.5 Å². The van der Waals surface area contributed by atoms with Crippen LogP contribution in [-0.4, -0.2) is 15.0 Å². The van der Waals surface area contributed by atoms with Gasteiger partial charge in [0.05, 0.1) is 0 Å². The molecule has 0 saturated heterocycles. The van der Waals surface area contributed by atoms with Crippen LogP contribution in [0.5, 0.6) is 0 Å². The van der Waals surface area contributed by atoms with Crippen molar-refractivity contribution < 1.29 is 8.83 Å². The number of benzene rings is 8. The number of hydrogen-bond acceptors (Lipinski definition) is 6. The SMILES string of the molecule is c1ccc(-c2nc(-c3ccccc3)nc(-c3ccc4c(c3)sc3ccc(-c5ccc(-c6cccc7oc8ccccc8c67)c6oc7ccccc7c56)cc34)n2)cc1. The van der Waals surface area contributed by atoms with Gasteiger partial charge < -0.3 is 8.83 Å². The quantitative estimate of drug-likeness (QED) is 0.175. The molecular formula is C51H29N3O2S. The van der Waals surface area contributed by atoms with E-state index >= 15 is 0 Å². The van der Waals surface area contributed by atoms with Gasteiger partial charge in [0.25, 0.3) is 0 Å². The van der Waals surface area contributed by atoms with Crippen LogP contribution in [0.2, 0.25) is 0 Å². The van der Waals surface area contributed by atoms with Crippen LogP contribution in [0.15, 0.2) is 185 Å². The van der Waals surface area contributed by atoms with Crippen LogP contribution >= 0.6 is 11.3 Å². The highest BCUT2D eigenvalue weighted by Gasteiger charge is 2.21. The van der Waals surface area contributed by atoms with E-state index in [1.165, 1.54) is 20.2 Å². The van der Waals surface area contributed by atoms with Gasteiger partial charge in [-0.25, -0.2) is 15.0 Å². The predicted octanol–water partition coefficient (Wildman–Crippen LogP) is 14.4. The first-order chi connectivity index (χ1) is 28.2. The highest BCUT2D eigenvalue weighted by Crippen LogP contribution is 2.46. The summed E-state index contributed by atoms with van der Waals surface area (Å²) in [5, 5.41) is 6.80.